The highest BCUT2D eigenvalue weighted by atomic mass is 35.5. The van der Waals surface area contributed by atoms with Gasteiger partial charge in [0.05, 0.1) is 24.3 Å². The van der Waals surface area contributed by atoms with Crippen LogP contribution in [0.2, 0.25) is 5.02 Å². The van der Waals surface area contributed by atoms with Crippen molar-refractivity contribution in [3.05, 3.63) is 69.8 Å². The number of nitrogens with one attached hydrogen (secondary N) is 2. The van der Waals surface area contributed by atoms with E-state index < -0.39 is 0 Å². The third-order valence-electron chi connectivity index (χ3n) is 5.39. The van der Waals surface area contributed by atoms with Crippen LogP contribution in [0, 0.1) is 5.82 Å². The van der Waals surface area contributed by atoms with Crippen LogP contribution in [0.3, 0.4) is 0 Å². The molecule has 3 aromatic rings. The van der Waals surface area contributed by atoms with Crippen LogP contribution in [0.5, 0.6) is 0 Å². The van der Waals surface area contributed by atoms with E-state index in [0.29, 0.717) is 33.2 Å². The standard InChI is InChI=1S/C22H22ClFN2O2S/c1-14(20(15-5-3-2-4-6-15)26-9-11-28-12-10-26)25-22(27)21-19(23)17-8-7-16(24)13-18(17)29-21/h2-8,13-14,20H,9-12H2,1H3,(H,25,27)/p+1/t14-,20-/m1/s1. The Kier molecular flexibility index (Phi) is 6.15. The summed E-state index contributed by atoms with van der Waals surface area (Å²) in [5.74, 6) is -0.562. The van der Waals surface area contributed by atoms with Crippen LogP contribution in [0.15, 0.2) is 48.5 Å². The number of rotatable bonds is 5. The lowest BCUT2D eigenvalue weighted by molar-refractivity contribution is -0.940. The molecule has 4 rings (SSSR count). The lowest BCUT2D eigenvalue weighted by atomic mass is 9.98. The van der Waals surface area contributed by atoms with E-state index in [4.69, 9.17) is 16.3 Å². The van der Waals surface area contributed by atoms with Gasteiger partial charge in [0.15, 0.2) is 0 Å². The fourth-order valence-corrected chi connectivity index (χ4v) is 5.47. The average molecular weight is 434 g/mol. The molecule has 2 atom stereocenters. The minimum atomic E-state index is -0.337. The van der Waals surface area contributed by atoms with Gasteiger partial charge < -0.3 is 15.0 Å². The van der Waals surface area contributed by atoms with Crippen molar-refractivity contribution in [2.24, 2.45) is 0 Å². The summed E-state index contributed by atoms with van der Waals surface area (Å²) in [5, 5.41) is 4.22. The van der Waals surface area contributed by atoms with Crippen LogP contribution in [-0.4, -0.2) is 38.3 Å². The van der Waals surface area contributed by atoms with Crippen LogP contribution in [0.25, 0.3) is 10.1 Å². The van der Waals surface area contributed by atoms with Crippen LogP contribution >= 0.6 is 22.9 Å². The molecular weight excluding hydrogens is 411 g/mol. The van der Waals surface area contributed by atoms with Crippen molar-refractivity contribution in [1.82, 2.24) is 5.32 Å². The maximum absolute atomic E-state index is 13.5. The van der Waals surface area contributed by atoms with Crippen LogP contribution in [-0.2, 0) is 4.74 Å². The lowest BCUT2D eigenvalue weighted by Gasteiger charge is -2.35. The third-order valence-corrected chi connectivity index (χ3v) is 7.05. The molecule has 0 aliphatic carbocycles. The number of ether oxygens (including phenoxy) is 1. The second-order valence-corrected chi connectivity index (χ2v) is 8.74. The quantitative estimate of drug-likeness (QED) is 0.647. The summed E-state index contributed by atoms with van der Waals surface area (Å²) >= 11 is 7.66. The second kappa shape index (κ2) is 8.79. The molecule has 7 heteroatoms. The Balaban J connectivity index is 1.59. The molecule has 1 aliphatic heterocycles. The molecule has 0 radical (unpaired) electrons. The molecule has 1 aliphatic rings. The Bertz CT molecular complexity index is 1000. The molecule has 2 N–H and O–H groups in total. The van der Waals surface area contributed by atoms with Crippen LogP contribution in [0.4, 0.5) is 4.39 Å². The Morgan fingerprint density at radius 2 is 1.93 bits per heavy atom. The lowest BCUT2D eigenvalue weighted by Crippen LogP contribution is -3.15. The Hall–Kier alpha value is -1.99. The van der Waals surface area contributed by atoms with E-state index in [-0.39, 0.29) is 23.8 Å². The first-order chi connectivity index (χ1) is 14.0. The summed E-state index contributed by atoms with van der Waals surface area (Å²) in [7, 11) is 0. The van der Waals surface area contributed by atoms with Gasteiger partial charge in [-0.15, -0.1) is 11.3 Å². The number of carbonyl (C=O) groups is 1. The first-order valence-electron chi connectivity index (χ1n) is 9.70. The number of hydrogen-bond donors (Lipinski definition) is 2. The number of carbonyl (C=O) groups excluding carboxylic acids is 1. The van der Waals surface area contributed by atoms with E-state index in [2.05, 4.69) is 17.4 Å². The van der Waals surface area contributed by atoms with E-state index in [0.717, 1.165) is 13.1 Å². The van der Waals surface area contributed by atoms with Crippen molar-refractivity contribution in [3.63, 3.8) is 0 Å². The molecule has 1 fully saturated rings. The zero-order valence-corrected chi connectivity index (χ0v) is 17.7. The number of halogens is 2. The highest BCUT2D eigenvalue weighted by molar-refractivity contribution is 7.21. The summed E-state index contributed by atoms with van der Waals surface area (Å²) in [6.45, 7) is 5.24. The topological polar surface area (TPSA) is 42.8 Å². The van der Waals surface area contributed by atoms with E-state index in [1.807, 2.05) is 25.1 Å². The number of thiophene rings is 1. The molecule has 1 amide bonds. The minimum absolute atomic E-state index is 0.106. The van der Waals surface area contributed by atoms with Crippen molar-refractivity contribution < 1.29 is 18.8 Å². The number of amides is 1. The summed E-state index contributed by atoms with van der Waals surface area (Å²) in [5.41, 5.74) is 1.18. The van der Waals surface area contributed by atoms with E-state index in [1.54, 1.807) is 6.07 Å². The van der Waals surface area contributed by atoms with Gasteiger partial charge in [-0.3, -0.25) is 4.79 Å². The third kappa shape index (κ3) is 4.31. The van der Waals surface area contributed by atoms with Crippen LogP contribution in [0.1, 0.15) is 28.2 Å². The normalized spacial score (nSPS) is 17.2. The SMILES string of the molecule is C[C@@H](NC(=O)c1sc2cc(F)ccc2c1Cl)[C@H](c1ccccc1)[NH+]1CCOCC1. The maximum Gasteiger partial charge on any atom is 0.263 e. The Labute approximate surface area is 178 Å². The van der Waals surface area contributed by atoms with Gasteiger partial charge in [0.1, 0.15) is 29.8 Å². The Morgan fingerprint density at radius 1 is 1.21 bits per heavy atom. The monoisotopic (exact) mass is 433 g/mol. The van der Waals surface area contributed by atoms with Crippen LogP contribution < -0.4 is 10.2 Å². The molecule has 0 saturated carbocycles. The summed E-state index contributed by atoms with van der Waals surface area (Å²) in [4.78, 5) is 14.8. The average Bonchev–Trinajstić information content (AvgIpc) is 3.05. The largest absolute Gasteiger partial charge is 0.370 e. The molecule has 152 valence electrons. The predicted octanol–water partition coefficient (Wildman–Crippen LogP) is 3.47. The first kappa shape index (κ1) is 20.3. The molecule has 0 spiro atoms. The molecule has 4 nitrogen and oxygen atoms in total. The van der Waals surface area contributed by atoms with Crippen molar-refractivity contribution in [3.8, 4) is 0 Å². The molecule has 0 unspecified atom stereocenters. The molecular formula is C22H23ClFN2O2S+. The van der Waals surface area contributed by atoms with Gasteiger partial charge in [0.25, 0.3) is 5.91 Å². The van der Waals surface area contributed by atoms with Gasteiger partial charge in [0.2, 0.25) is 0 Å². The number of hydrogen-bond acceptors (Lipinski definition) is 3. The highest BCUT2D eigenvalue weighted by Gasteiger charge is 2.33. The zero-order chi connectivity index (χ0) is 20.4. The van der Waals surface area contributed by atoms with Gasteiger partial charge in [-0.2, -0.15) is 0 Å². The van der Waals surface area contributed by atoms with E-state index in [1.165, 1.54) is 33.9 Å². The second-order valence-electron chi connectivity index (χ2n) is 7.31. The fourth-order valence-electron chi connectivity index (χ4n) is 4.02. The molecule has 29 heavy (non-hydrogen) atoms. The maximum atomic E-state index is 13.5. The minimum Gasteiger partial charge on any atom is -0.370 e. The number of benzene rings is 2. The van der Waals surface area contributed by atoms with Gasteiger partial charge in [-0.1, -0.05) is 41.9 Å². The molecule has 2 aromatic carbocycles. The number of quaternary nitrogens is 1. The summed E-state index contributed by atoms with van der Waals surface area (Å²) in [6, 6.07) is 14.6. The van der Waals surface area contributed by atoms with Crippen molar-refractivity contribution in [2.75, 3.05) is 26.3 Å². The smallest absolute Gasteiger partial charge is 0.263 e. The number of fused-ring (bicyclic) bond motifs is 1. The zero-order valence-electron chi connectivity index (χ0n) is 16.1. The van der Waals surface area contributed by atoms with E-state index >= 15 is 0 Å². The molecule has 0 bridgehead atoms. The molecule has 1 saturated heterocycles. The van der Waals surface area contributed by atoms with Gasteiger partial charge in [-0.05, 0) is 25.1 Å². The summed E-state index contributed by atoms with van der Waals surface area (Å²) in [6.07, 6.45) is 0. The molecule has 1 aromatic heterocycles. The van der Waals surface area contributed by atoms with Crippen molar-refractivity contribution >= 4 is 38.9 Å². The van der Waals surface area contributed by atoms with Gasteiger partial charge in [-0.25, -0.2) is 4.39 Å². The van der Waals surface area contributed by atoms with Crippen molar-refractivity contribution in [1.29, 1.82) is 0 Å². The van der Waals surface area contributed by atoms with E-state index in [9.17, 15) is 9.18 Å². The number of morpholine rings is 1. The molecule has 2 heterocycles. The fraction of sp³-hybridized carbons (Fsp3) is 0.318. The van der Waals surface area contributed by atoms with Crippen molar-refractivity contribution in [2.45, 2.75) is 19.0 Å². The first-order valence-corrected chi connectivity index (χ1v) is 10.9. The summed E-state index contributed by atoms with van der Waals surface area (Å²) < 4.78 is 19.7. The Morgan fingerprint density at radius 3 is 2.66 bits per heavy atom. The highest BCUT2D eigenvalue weighted by Crippen LogP contribution is 2.35. The van der Waals surface area contributed by atoms with Gasteiger partial charge in [0, 0.05) is 15.6 Å². The van der Waals surface area contributed by atoms with Gasteiger partial charge >= 0.3 is 0 Å². The predicted molar refractivity (Wildman–Crippen MR) is 114 cm³/mol.